The Kier molecular flexibility index (Phi) is 4.25. The molecule has 1 amide bonds. The molecule has 4 bridgehead atoms. The van der Waals surface area contributed by atoms with Gasteiger partial charge in [0.15, 0.2) is 6.61 Å². The minimum Gasteiger partial charge on any atom is -0.455 e. The van der Waals surface area contributed by atoms with Crippen LogP contribution in [0.1, 0.15) is 68.5 Å². The van der Waals surface area contributed by atoms with Crippen molar-refractivity contribution in [3.8, 4) is 0 Å². The van der Waals surface area contributed by atoms with Gasteiger partial charge in [-0.05, 0) is 86.7 Å². The molecule has 5 aliphatic carbocycles. The summed E-state index contributed by atoms with van der Waals surface area (Å²) in [5.41, 5.74) is 2.25. The van der Waals surface area contributed by atoms with E-state index in [4.69, 9.17) is 4.74 Å². The fourth-order valence-electron chi connectivity index (χ4n) is 6.78. The van der Waals surface area contributed by atoms with Gasteiger partial charge >= 0.3 is 5.97 Å². The highest BCUT2D eigenvalue weighted by molar-refractivity contribution is 5.83. The summed E-state index contributed by atoms with van der Waals surface area (Å²) in [7, 11) is 0. The van der Waals surface area contributed by atoms with Crippen molar-refractivity contribution in [2.45, 2.75) is 63.8 Å². The Labute approximate surface area is 161 Å². The van der Waals surface area contributed by atoms with Crippen LogP contribution in [0.2, 0.25) is 0 Å². The minimum absolute atomic E-state index is 0.0423. The lowest BCUT2D eigenvalue weighted by atomic mass is 9.49. The SMILES string of the molecule is O=C(COC(=O)C12CC3CC(CC(C3)C1)C2)NC1CCCc2ccccc21. The average Bonchev–Trinajstić information content (AvgIpc) is 2.65. The van der Waals surface area contributed by atoms with E-state index in [0.29, 0.717) is 17.8 Å². The second kappa shape index (κ2) is 6.65. The van der Waals surface area contributed by atoms with Crippen molar-refractivity contribution in [1.29, 1.82) is 0 Å². The Balaban J connectivity index is 1.19. The number of hydrogen-bond acceptors (Lipinski definition) is 3. The van der Waals surface area contributed by atoms with Gasteiger partial charge in [0.05, 0.1) is 11.5 Å². The van der Waals surface area contributed by atoms with E-state index in [-0.39, 0.29) is 29.9 Å². The largest absolute Gasteiger partial charge is 0.455 e. The molecule has 1 aromatic rings. The summed E-state index contributed by atoms with van der Waals surface area (Å²) in [4.78, 5) is 25.4. The van der Waals surface area contributed by atoms with Crippen molar-refractivity contribution < 1.29 is 14.3 Å². The molecule has 0 aliphatic heterocycles. The standard InChI is InChI=1S/C23H29NO3/c25-21(24-20-7-3-5-18-4-1-2-6-19(18)20)14-27-22(26)23-11-15-8-16(12-23)10-17(9-15)13-23/h1-2,4,6,15-17,20H,3,5,7-14H2,(H,24,25). The Morgan fingerprint density at radius 1 is 1.04 bits per heavy atom. The highest BCUT2D eigenvalue weighted by Gasteiger charge is 2.55. The maximum atomic E-state index is 12.9. The Bertz CT molecular complexity index is 720. The molecule has 0 saturated heterocycles. The second-order valence-electron chi connectivity index (χ2n) is 9.49. The highest BCUT2D eigenvalue weighted by atomic mass is 16.5. The van der Waals surface area contributed by atoms with Gasteiger partial charge in [-0.15, -0.1) is 0 Å². The van der Waals surface area contributed by atoms with Crippen LogP contribution in [0.5, 0.6) is 0 Å². The topological polar surface area (TPSA) is 55.4 Å². The normalized spacial score (nSPS) is 36.1. The van der Waals surface area contributed by atoms with Crippen LogP contribution < -0.4 is 5.32 Å². The molecule has 6 rings (SSSR count). The van der Waals surface area contributed by atoms with Crippen molar-refractivity contribution in [3.63, 3.8) is 0 Å². The van der Waals surface area contributed by atoms with E-state index in [0.717, 1.165) is 38.5 Å². The number of carbonyl (C=O) groups is 2. The number of ether oxygens (including phenoxy) is 1. The summed E-state index contributed by atoms with van der Waals surface area (Å²) >= 11 is 0. The van der Waals surface area contributed by atoms with Crippen molar-refractivity contribution in [3.05, 3.63) is 35.4 Å². The number of hydrogen-bond donors (Lipinski definition) is 1. The van der Waals surface area contributed by atoms with Gasteiger partial charge in [-0.2, -0.15) is 0 Å². The average molecular weight is 367 g/mol. The molecule has 4 saturated carbocycles. The van der Waals surface area contributed by atoms with Gasteiger partial charge in [0.1, 0.15) is 0 Å². The number of benzene rings is 1. The van der Waals surface area contributed by atoms with Crippen LogP contribution in [0.3, 0.4) is 0 Å². The molecular weight excluding hydrogens is 338 g/mol. The molecule has 5 aliphatic rings. The molecule has 0 radical (unpaired) electrons. The number of rotatable bonds is 4. The van der Waals surface area contributed by atoms with E-state index >= 15 is 0 Å². The van der Waals surface area contributed by atoms with Gasteiger partial charge in [0.2, 0.25) is 0 Å². The van der Waals surface area contributed by atoms with E-state index in [2.05, 4.69) is 23.5 Å². The van der Waals surface area contributed by atoms with Gasteiger partial charge in [-0.1, -0.05) is 24.3 Å². The van der Waals surface area contributed by atoms with E-state index < -0.39 is 0 Å². The van der Waals surface area contributed by atoms with Crippen molar-refractivity contribution in [2.24, 2.45) is 23.2 Å². The van der Waals surface area contributed by atoms with Gasteiger partial charge in [0.25, 0.3) is 5.91 Å². The highest BCUT2D eigenvalue weighted by Crippen LogP contribution is 2.60. The van der Waals surface area contributed by atoms with Gasteiger partial charge in [0, 0.05) is 0 Å². The first-order valence-electron chi connectivity index (χ1n) is 10.7. The first-order valence-corrected chi connectivity index (χ1v) is 10.7. The zero-order valence-electron chi connectivity index (χ0n) is 15.9. The molecule has 4 nitrogen and oxygen atoms in total. The summed E-state index contributed by atoms with van der Waals surface area (Å²) < 4.78 is 5.57. The van der Waals surface area contributed by atoms with Crippen LogP contribution in [-0.2, 0) is 20.7 Å². The number of aryl methyl sites for hydroxylation is 1. The number of amides is 1. The summed E-state index contributed by atoms with van der Waals surface area (Å²) in [6.07, 6.45) is 9.95. The second-order valence-corrected chi connectivity index (χ2v) is 9.49. The number of carbonyl (C=O) groups excluding carboxylic acids is 2. The molecule has 1 aromatic carbocycles. The molecular formula is C23H29NO3. The van der Waals surface area contributed by atoms with Crippen LogP contribution in [0.15, 0.2) is 24.3 Å². The van der Waals surface area contributed by atoms with Crippen LogP contribution >= 0.6 is 0 Å². The third kappa shape index (κ3) is 3.17. The van der Waals surface area contributed by atoms with Crippen molar-refractivity contribution in [1.82, 2.24) is 5.32 Å². The Hall–Kier alpha value is -1.84. The summed E-state index contributed by atoms with van der Waals surface area (Å²) in [6, 6.07) is 8.36. The smallest absolute Gasteiger partial charge is 0.312 e. The molecule has 1 unspecified atom stereocenters. The summed E-state index contributed by atoms with van der Waals surface area (Å²) in [5, 5.41) is 3.09. The quantitative estimate of drug-likeness (QED) is 0.820. The molecule has 1 N–H and O–H groups in total. The lowest BCUT2D eigenvalue weighted by molar-refractivity contribution is -0.173. The van der Waals surface area contributed by atoms with Crippen LogP contribution in [-0.4, -0.2) is 18.5 Å². The Morgan fingerprint density at radius 3 is 2.41 bits per heavy atom. The number of nitrogens with one attached hydrogen (secondary N) is 1. The van der Waals surface area contributed by atoms with Crippen LogP contribution in [0.4, 0.5) is 0 Å². The zero-order chi connectivity index (χ0) is 18.4. The maximum absolute atomic E-state index is 12.9. The molecule has 0 heterocycles. The van der Waals surface area contributed by atoms with E-state index in [9.17, 15) is 9.59 Å². The fourth-order valence-corrected chi connectivity index (χ4v) is 6.78. The van der Waals surface area contributed by atoms with Crippen LogP contribution in [0, 0.1) is 23.2 Å². The first kappa shape index (κ1) is 17.3. The first-order chi connectivity index (χ1) is 13.1. The van der Waals surface area contributed by atoms with Crippen LogP contribution in [0.25, 0.3) is 0 Å². The lowest BCUT2D eigenvalue weighted by Gasteiger charge is -2.55. The summed E-state index contributed by atoms with van der Waals surface area (Å²) in [5.74, 6) is 1.83. The van der Waals surface area contributed by atoms with Gasteiger partial charge in [-0.25, -0.2) is 0 Å². The van der Waals surface area contributed by atoms with E-state index in [1.807, 2.05) is 6.07 Å². The molecule has 4 fully saturated rings. The Morgan fingerprint density at radius 2 is 1.70 bits per heavy atom. The molecule has 1 atom stereocenters. The zero-order valence-corrected chi connectivity index (χ0v) is 15.9. The molecule has 0 aromatic heterocycles. The maximum Gasteiger partial charge on any atom is 0.312 e. The lowest BCUT2D eigenvalue weighted by Crippen LogP contribution is -2.51. The molecule has 27 heavy (non-hydrogen) atoms. The number of esters is 1. The van der Waals surface area contributed by atoms with E-state index in [1.165, 1.54) is 30.4 Å². The predicted molar refractivity (Wildman–Crippen MR) is 102 cm³/mol. The van der Waals surface area contributed by atoms with E-state index in [1.54, 1.807) is 0 Å². The van der Waals surface area contributed by atoms with Gasteiger partial charge < -0.3 is 10.1 Å². The van der Waals surface area contributed by atoms with Gasteiger partial charge in [-0.3, -0.25) is 9.59 Å². The molecule has 4 heteroatoms. The minimum atomic E-state index is -0.285. The predicted octanol–water partition coefficient (Wildman–Crippen LogP) is 3.94. The summed E-state index contributed by atoms with van der Waals surface area (Å²) in [6.45, 7) is -0.140. The number of fused-ring (bicyclic) bond motifs is 1. The molecule has 0 spiro atoms. The fraction of sp³-hybridized carbons (Fsp3) is 0.652. The van der Waals surface area contributed by atoms with Crippen molar-refractivity contribution in [2.75, 3.05) is 6.61 Å². The molecule has 144 valence electrons. The third-order valence-electron chi connectivity index (χ3n) is 7.51. The van der Waals surface area contributed by atoms with Crippen molar-refractivity contribution >= 4 is 11.9 Å². The monoisotopic (exact) mass is 367 g/mol. The third-order valence-corrected chi connectivity index (χ3v) is 7.51.